The van der Waals surface area contributed by atoms with E-state index in [1.54, 1.807) is 0 Å². The van der Waals surface area contributed by atoms with Gasteiger partial charge in [0.05, 0.1) is 13.2 Å². The number of phenolic OH excluding ortho intramolecular Hbond substituents is 1. The van der Waals surface area contributed by atoms with Crippen molar-refractivity contribution in [2.75, 3.05) is 33.4 Å². The Balaban J connectivity index is 0.00000243. The zero-order chi connectivity index (χ0) is 17.6. The zero-order valence-corrected chi connectivity index (χ0v) is 18.3. The van der Waals surface area contributed by atoms with Crippen LogP contribution in [0.4, 0.5) is 0 Å². The third-order valence-electron chi connectivity index (χ3n) is 5.27. The lowest BCUT2D eigenvalue weighted by Crippen LogP contribution is -2.41. The quantitative estimate of drug-likeness (QED) is 0.392. The fraction of sp³-hybridized carbons (Fsp3) is 0.650. The molecule has 1 aromatic carbocycles. The molecule has 146 valence electrons. The lowest BCUT2D eigenvalue weighted by atomic mass is 9.88. The molecule has 2 aliphatic rings. The molecule has 0 radical (unpaired) electrons. The molecule has 0 spiro atoms. The molecule has 3 rings (SSSR count). The van der Waals surface area contributed by atoms with E-state index in [9.17, 15) is 5.11 Å². The molecule has 1 aromatic rings. The maximum atomic E-state index is 10.4. The second-order valence-electron chi connectivity index (χ2n) is 7.19. The van der Waals surface area contributed by atoms with Gasteiger partial charge in [0, 0.05) is 38.2 Å². The van der Waals surface area contributed by atoms with Crippen molar-refractivity contribution in [2.45, 2.75) is 45.6 Å². The van der Waals surface area contributed by atoms with Gasteiger partial charge in [-0.1, -0.05) is 6.07 Å². The average molecular weight is 473 g/mol. The highest BCUT2D eigenvalue weighted by Gasteiger charge is 2.20. The zero-order valence-electron chi connectivity index (χ0n) is 16.0. The Kier molecular flexibility index (Phi) is 8.47. The number of ether oxygens (including phenoxy) is 1. The van der Waals surface area contributed by atoms with E-state index in [4.69, 9.17) is 9.73 Å². The Morgan fingerprint density at radius 3 is 2.88 bits per heavy atom. The molecule has 1 fully saturated rings. The van der Waals surface area contributed by atoms with Crippen LogP contribution in [0.5, 0.6) is 5.75 Å². The number of halogens is 1. The highest BCUT2D eigenvalue weighted by Crippen LogP contribution is 2.31. The second-order valence-corrected chi connectivity index (χ2v) is 7.19. The number of guanidine groups is 1. The lowest BCUT2D eigenvalue weighted by Gasteiger charge is -2.25. The molecule has 1 saturated heterocycles. The average Bonchev–Trinajstić information content (AvgIpc) is 3.12. The van der Waals surface area contributed by atoms with Crippen molar-refractivity contribution in [2.24, 2.45) is 10.9 Å². The molecule has 1 aliphatic heterocycles. The third-order valence-corrected chi connectivity index (χ3v) is 5.27. The molecule has 26 heavy (non-hydrogen) atoms. The summed E-state index contributed by atoms with van der Waals surface area (Å²) in [7, 11) is 2.08. The van der Waals surface area contributed by atoms with Gasteiger partial charge < -0.3 is 20.1 Å². The van der Waals surface area contributed by atoms with Gasteiger partial charge in [0.25, 0.3) is 0 Å². The number of aliphatic imine (C=N–C) groups is 1. The molecule has 0 saturated carbocycles. The van der Waals surface area contributed by atoms with Gasteiger partial charge in [-0.3, -0.25) is 0 Å². The SMILES string of the molecule is CCNC(=NCc1c(O)ccc2c1CCCC2)N(C)CC1CCOC1.I. The Morgan fingerprint density at radius 1 is 1.35 bits per heavy atom. The summed E-state index contributed by atoms with van der Waals surface area (Å²) in [6.45, 7) is 6.12. The Hall–Kier alpha value is -1.02. The topological polar surface area (TPSA) is 57.1 Å². The van der Waals surface area contributed by atoms with E-state index in [0.717, 1.165) is 57.1 Å². The first-order chi connectivity index (χ1) is 12.2. The van der Waals surface area contributed by atoms with E-state index in [2.05, 4.69) is 30.3 Å². The Morgan fingerprint density at radius 2 is 2.15 bits per heavy atom. The highest BCUT2D eigenvalue weighted by molar-refractivity contribution is 14.0. The summed E-state index contributed by atoms with van der Waals surface area (Å²) in [6.07, 6.45) is 5.75. The summed E-state index contributed by atoms with van der Waals surface area (Å²) in [4.78, 5) is 7.02. The Labute approximate surface area is 174 Å². The van der Waals surface area contributed by atoms with Crippen LogP contribution < -0.4 is 5.32 Å². The van der Waals surface area contributed by atoms with Gasteiger partial charge >= 0.3 is 0 Å². The fourth-order valence-electron chi connectivity index (χ4n) is 3.89. The van der Waals surface area contributed by atoms with Crippen molar-refractivity contribution in [3.05, 3.63) is 28.8 Å². The smallest absolute Gasteiger partial charge is 0.193 e. The number of rotatable bonds is 5. The molecular weight excluding hydrogens is 441 g/mol. The van der Waals surface area contributed by atoms with Crippen LogP contribution in [0.2, 0.25) is 0 Å². The molecule has 0 aromatic heterocycles. The summed E-state index contributed by atoms with van der Waals surface area (Å²) >= 11 is 0. The van der Waals surface area contributed by atoms with E-state index in [1.165, 1.54) is 24.0 Å². The maximum absolute atomic E-state index is 10.4. The monoisotopic (exact) mass is 473 g/mol. The van der Waals surface area contributed by atoms with Crippen molar-refractivity contribution in [1.29, 1.82) is 0 Å². The third kappa shape index (κ3) is 5.25. The number of aromatic hydroxyl groups is 1. The number of fused-ring (bicyclic) bond motifs is 1. The summed E-state index contributed by atoms with van der Waals surface area (Å²) in [5.41, 5.74) is 3.71. The molecule has 1 aliphatic carbocycles. The van der Waals surface area contributed by atoms with E-state index >= 15 is 0 Å². The number of hydrogen-bond acceptors (Lipinski definition) is 3. The van der Waals surface area contributed by atoms with Crippen LogP contribution >= 0.6 is 24.0 Å². The molecule has 1 atom stereocenters. The van der Waals surface area contributed by atoms with Crippen molar-refractivity contribution in [3.8, 4) is 5.75 Å². The van der Waals surface area contributed by atoms with Crippen molar-refractivity contribution in [3.63, 3.8) is 0 Å². The summed E-state index contributed by atoms with van der Waals surface area (Å²) in [6, 6.07) is 3.91. The molecule has 0 bridgehead atoms. The first kappa shape index (κ1) is 21.3. The van der Waals surface area contributed by atoms with Gasteiger partial charge in [0.2, 0.25) is 0 Å². The predicted molar refractivity (Wildman–Crippen MR) is 117 cm³/mol. The minimum Gasteiger partial charge on any atom is -0.508 e. The number of nitrogens with zero attached hydrogens (tertiary/aromatic N) is 2. The van der Waals surface area contributed by atoms with E-state index < -0.39 is 0 Å². The maximum Gasteiger partial charge on any atom is 0.193 e. The second kappa shape index (κ2) is 10.3. The molecule has 0 amide bonds. The van der Waals surface area contributed by atoms with Gasteiger partial charge in [0.15, 0.2) is 5.96 Å². The predicted octanol–water partition coefficient (Wildman–Crippen LogP) is 3.32. The fourth-order valence-corrected chi connectivity index (χ4v) is 3.89. The van der Waals surface area contributed by atoms with Crippen molar-refractivity contribution in [1.82, 2.24) is 10.2 Å². The van der Waals surface area contributed by atoms with Crippen LogP contribution in [0.25, 0.3) is 0 Å². The molecule has 5 nitrogen and oxygen atoms in total. The standard InChI is InChI=1S/C20H31N3O2.HI/c1-3-21-20(23(2)13-15-10-11-25-14-15)22-12-18-17-7-5-4-6-16(17)8-9-19(18)24;/h8-9,15,24H,3-7,10-14H2,1-2H3,(H,21,22);1H. The number of benzene rings is 1. The first-order valence-corrected chi connectivity index (χ1v) is 9.58. The van der Waals surface area contributed by atoms with E-state index in [-0.39, 0.29) is 24.0 Å². The van der Waals surface area contributed by atoms with Crippen molar-refractivity contribution >= 4 is 29.9 Å². The van der Waals surface area contributed by atoms with Gasteiger partial charge in [0.1, 0.15) is 5.75 Å². The van der Waals surface area contributed by atoms with Crippen LogP contribution in [0, 0.1) is 5.92 Å². The van der Waals surface area contributed by atoms with E-state index in [1.807, 2.05) is 6.07 Å². The van der Waals surface area contributed by atoms with Gasteiger partial charge in [-0.05, 0) is 56.2 Å². The normalized spacial score (nSPS) is 19.6. The summed E-state index contributed by atoms with van der Waals surface area (Å²) < 4.78 is 5.48. The number of phenols is 1. The lowest BCUT2D eigenvalue weighted by molar-refractivity contribution is 0.181. The molecule has 1 unspecified atom stereocenters. The summed E-state index contributed by atoms with van der Waals surface area (Å²) in [5.74, 6) is 1.86. The minimum atomic E-state index is 0. The first-order valence-electron chi connectivity index (χ1n) is 9.58. The number of nitrogens with one attached hydrogen (secondary N) is 1. The molecule has 2 N–H and O–H groups in total. The number of aryl methyl sites for hydroxylation is 1. The van der Waals surface area contributed by atoms with Crippen LogP contribution in [0.15, 0.2) is 17.1 Å². The number of hydrogen-bond donors (Lipinski definition) is 2. The van der Waals surface area contributed by atoms with Gasteiger partial charge in [-0.15, -0.1) is 24.0 Å². The van der Waals surface area contributed by atoms with Gasteiger partial charge in [-0.2, -0.15) is 0 Å². The van der Waals surface area contributed by atoms with Crippen LogP contribution in [0.1, 0.15) is 42.9 Å². The largest absolute Gasteiger partial charge is 0.508 e. The van der Waals surface area contributed by atoms with Gasteiger partial charge in [-0.25, -0.2) is 4.99 Å². The Bertz CT molecular complexity index is 615. The van der Waals surface area contributed by atoms with Crippen LogP contribution in [0.3, 0.4) is 0 Å². The van der Waals surface area contributed by atoms with Crippen LogP contribution in [-0.2, 0) is 24.1 Å². The van der Waals surface area contributed by atoms with E-state index in [0.29, 0.717) is 18.2 Å². The molecule has 1 heterocycles. The minimum absolute atomic E-state index is 0. The summed E-state index contributed by atoms with van der Waals surface area (Å²) in [5, 5.41) is 13.7. The molecule has 6 heteroatoms. The van der Waals surface area contributed by atoms with Crippen molar-refractivity contribution < 1.29 is 9.84 Å². The molecular formula is C20H32IN3O2. The van der Waals surface area contributed by atoms with Crippen LogP contribution in [-0.4, -0.2) is 49.3 Å². The highest BCUT2D eigenvalue weighted by atomic mass is 127.